The third-order valence-electron chi connectivity index (χ3n) is 2.30. The molecule has 0 aromatic rings. The van der Waals surface area contributed by atoms with Crippen LogP contribution in [-0.4, -0.2) is 36.4 Å². The van der Waals surface area contributed by atoms with E-state index in [4.69, 9.17) is 4.74 Å². The lowest BCUT2D eigenvalue weighted by Gasteiger charge is -2.33. The molecule has 1 nitrogen and oxygen atoms in total. The molecule has 1 aliphatic rings. The highest BCUT2D eigenvalue weighted by Gasteiger charge is 2.24. The Morgan fingerprint density at radius 3 is 2.56 bits per heavy atom. The summed E-state index contributed by atoms with van der Waals surface area (Å²) in [7, 11) is 4.66. The van der Waals surface area contributed by atoms with Crippen LogP contribution in [0, 0.1) is 0 Å². The number of ether oxygens (including phenoxy) is 1. The van der Waals surface area contributed by atoms with Crippen LogP contribution in [0.25, 0.3) is 0 Å². The van der Waals surface area contributed by atoms with Gasteiger partial charge in [0.1, 0.15) is 7.85 Å². The molecule has 1 unspecified atom stereocenters. The number of hydrogen-bond acceptors (Lipinski definition) is 1. The molecule has 1 saturated heterocycles. The zero-order valence-electron chi connectivity index (χ0n) is 6.44. The van der Waals surface area contributed by atoms with Crippen LogP contribution in [0.1, 0.15) is 19.3 Å². The molecule has 0 spiro atoms. The fraction of sp³-hybridized carbons (Fsp3) is 1.00. The normalized spacial score (nSPS) is 37.8. The van der Waals surface area contributed by atoms with Crippen LogP contribution in [0.4, 0.5) is 0 Å². The van der Waals surface area contributed by atoms with Crippen LogP contribution in [0.2, 0.25) is 0 Å². The zero-order valence-corrected chi connectivity index (χ0v) is 7.86. The van der Waals surface area contributed by atoms with E-state index in [9.17, 15) is 0 Å². The average molecular weight is 140 g/mol. The van der Waals surface area contributed by atoms with Gasteiger partial charge in [-0.25, -0.2) is 0 Å². The first-order valence-electron chi connectivity index (χ1n) is 3.91. The SMILES string of the molecule is B[SiH2]C1(B)CCCCO1. The van der Waals surface area contributed by atoms with E-state index in [0.29, 0.717) is 5.12 Å². The fourth-order valence-corrected chi connectivity index (χ4v) is 2.22. The van der Waals surface area contributed by atoms with Crippen molar-refractivity contribution in [1.29, 1.82) is 0 Å². The first kappa shape index (κ1) is 7.41. The van der Waals surface area contributed by atoms with Crippen LogP contribution in [0.5, 0.6) is 0 Å². The molecule has 0 aromatic heterocycles. The largest absolute Gasteiger partial charge is 0.389 e. The molecule has 4 heteroatoms. The minimum Gasteiger partial charge on any atom is -0.389 e. The van der Waals surface area contributed by atoms with Gasteiger partial charge in [0.15, 0.2) is 0 Å². The zero-order chi connectivity index (χ0) is 6.74. The third-order valence-corrected chi connectivity index (χ3v) is 4.35. The van der Waals surface area contributed by atoms with E-state index >= 15 is 0 Å². The maximum atomic E-state index is 5.68. The summed E-state index contributed by atoms with van der Waals surface area (Å²) in [5.74, 6) is 0. The fourth-order valence-electron chi connectivity index (χ4n) is 1.27. The highest BCUT2D eigenvalue weighted by atomic mass is 28.2. The topological polar surface area (TPSA) is 9.23 Å². The predicted molar refractivity (Wildman–Crippen MR) is 48.2 cm³/mol. The summed E-state index contributed by atoms with van der Waals surface area (Å²) >= 11 is 0. The lowest BCUT2D eigenvalue weighted by molar-refractivity contribution is 0.0373. The van der Waals surface area contributed by atoms with Crippen molar-refractivity contribution in [3.63, 3.8) is 0 Å². The average Bonchev–Trinajstić information content (AvgIpc) is 1.90. The van der Waals surface area contributed by atoms with Gasteiger partial charge in [-0.3, -0.25) is 0 Å². The summed E-state index contributed by atoms with van der Waals surface area (Å²) < 4.78 is 5.68. The highest BCUT2D eigenvalue weighted by Crippen LogP contribution is 2.19. The van der Waals surface area contributed by atoms with Crippen LogP contribution in [-0.2, 0) is 4.74 Å². The Labute approximate surface area is 61.1 Å². The second kappa shape index (κ2) is 2.93. The van der Waals surface area contributed by atoms with Gasteiger partial charge in [-0.1, -0.05) is 0 Å². The quantitative estimate of drug-likeness (QED) is 0.390. The van der Waals surface area contributed by atoms with Crippen molar-refractivity contribution >= 4 is 24.7 Å². The molecule has 1 heterocycles. The van der Waals surface area contributed by atoms with Crippen LogP contribution in [0.3, 0.4) is 0 Å². The number of hydrogen-bond donors (Lipinski definition) is 0. The molecule has 9 heavy (non-hydrogen) atoms. The lowest BCUT2D eigenvalue weighted by Crippen LogP contribution is -2.43. The first-order valence-corrected chi connectivity index (χ1v) is 6.03. The van der Waals surface area contributed by atoms with E-state index < -0.39 is 0 Å². The molecular weight excluding hydrogens is 126 g/mol. The summed E-state index contributed by atoms with van der Waals surface area (Å²) in [6.07, 6.45) is 3.98. The Kier molecular flexibility index (Phi) is 2.41. The van der Waals surface area contributed by atoms with Crippen molar-refractivity contribution in [3.05, 3.63) is 0 Å². The Balaban J connectivity index is 2.37. The first-order chi connectivity index (χ1) is 4.27. The van der Waals surface area contributed by atoms with Crippen LogP contribution in [0.15, 0.2) is 0 Å². The molecule has 0 aromatic carbocycles. The molecule has 1 atom stereocenters. The van der Waals surface area contributed by atoms with Gasteiger partial charge in [-0.2, -0.15) is 0 Å². The van der Waals surface area contributed by atoms with Gasteiger partial charge in [-0.15, -0.1) is 0 Å². The minimum atomic E-state index is 0.0495. The van der Waals surface area contributed by atoms with Gasteiger partial charge < -0.3 is 4.74 Å². The molecule has 0 amide bonds. The predicted octanol–water partition coefficient (Wildman–Crippen LogP) is -1.81. The molecule has 1 aliphatic heterocycles. The maximum Gasteiger partial charge on any atom is 0.137 e. The molecule has 1 rings (SSSR count). The lowest BCUT2D eigenvalue weighted by atomic mass is 9.91. The minimum absolute atomic E-state index is 0.0495. The molecule has 0 radical (unpaired) electrons. The summed E-state index contributed by atoms with van der Waals surface area (Å²) in [6.45, 7) is 1.01. The smallest absolute Gasteiger partial charge is 0.137 e. The van der Waals surface area contributed by atoms with Crippen LogP contribution >= 0.6 is 0 Å². The molecule has 1 fully saturated rings. The van der Waals surface area contributed by atoms with Crippen molar-refractivity contribution in [1.82, 2.24) is 0 Å². The Bertz CT molecular complexity index is 93.0. The second-order valence-corrected chi connectivity index (χ2v) is 5.31. The van der Waals surface area contributed by atoms with Crippen molar-refractivity contribution < 1.29 is 4.74 Å². The summed E-state index contributed by atoms with van der Waals surface area (Å²) in [5, 5.41) is 0.359. The Morgan fingerprint density at radius 2 is 2.22 bits per heavy atom. The van der Waals surface area contributed by atoms with E-state index in [0.717, 1.165) is 6.61 Å². The van der Waals surface area contributed by atoms with Gasteiger partial charge in [0, 0.05) is 21.1 Å². The van der Waals surface area contributed by atoms with Gasteiger partial charge >= 0.3 is 0 Å². The summed E-state index contributed by atoms with van der Waals surface area (Å²) in [4.78, 5) is 0. The van der Waals surface area contributed by atoms with Gasteiger partial charge in [0.25, 0.3) is 0 Å². The van der Waals surface area contributed by atoms with E-state index in [1.807, 2.05) is 0 Å². The Morgan fingerprint density at radius 1 is 1.44 bits per heavy atom. The van der Waals surface area contributed by atoms with Gasteiger partial charge in [-0.05, 0) is 19.3 Å². The third kappa shape index (κ3) is 1.87. The summed E-state index contributed by atoms with van der Waals surface area (Å²) in [5.41, 5.74) is 0. The molecule has 50 valence electrons. The summed E-state index contributed by atoms with van der Waals surface area (Å²) in [6, 6.07) is 0. The van der Waals surface area contributed by atoms with Gasteiger partial charge in [0.05, 0.1) is 7.44 Å². The van der Waals surface area contributed by atoms with Crippen molar-refractivity contribution in [3.8, 4) is 0 Å². The molecule has 0 N–H and O–H groups in total. The number of rotatable bonds is 1. The van der Waals surface area contributed by atoms with E-state index in [1.54, 1.807) is 0 Å². The second-order valence-electron chi connectivity index (χ2n) is 3.11. The highest BCUT2D eigenvalue weighted by molar-refractivity contribution is 6.94. The van der Waals surface area contributed by atoms with Gasteiger partial charge in [0.2, 0.25) is 0 Å². The van der Waals surface area contributed by atoms with Crippen molar-refractivity contribution in [2.45, 2.75) is 24.4 Å². The van der Waals surface area contributed by atoms with E-state index in [2.05, 4.69) is 15.3 Å². The molecule has 0 saturated carbocycles. The van der Waals surface area contributed by atoms with E-state index in [-0.39, 0.29) is 9.39 Å². The monoisotopic (exact) mass is 140 g/mol. The molecule has 0 bridgehead atoms. The van der Waals surface area contributed by atoms with Crippen molar-refractivity contribution in [2.75, 3.05) is 6.61 Å². The Hall–Kier alpha value is 0.307. The van der Waals surface area contributed by atoms with E-state index in [1.165, 1.54) is 19.3 Å². The van der Waals surface area contributed by atoms with Crippen LogP contribution < -0.4 is 0 Å². The standard InChI is InChI=1S/C5H14B2OSi/c6-5(9-7)3-1-2-4-8-5/h1-4,6-7,9H2. The van der Waals surface area contributed by atoms with Crippen molar-refractivity contribution in [2.24, 2.45) is 0 Å². The maximum absolute atomic E-state index is 5.68. The molecular formula is C5H14B2OSi. The molecule has 0 aliphatic carbocycles.